The number of rotatable bonds is 8. The van der Waals surface area contributed by atoms with E-state index in [2.05, 4.69) is 10.0 Å². The summed E-state index contributed by atoms with van der Waals surface area (Å²) in [5, 5.41) is 3.24. The first-order valence-electron chi connectivity index (χ1n) is 8.09. The summed E-state index contributed by atoms with van der Waals surface area (Å²) in [5.74, 6) is 0.170. The van der Waals surface area contributed by atoms with E-state index in [0.29, 0.717) is 34.1 Å². The predicted octanol–water partition coefficient (Wildman–Crippen LogP) is 3.82. The zero-order valence-corrected chi connectivity index (χ0v) is 16.2. The van der Waals surface area contributed by atoms with E-state index in [1.807, 2.05) is 0 Å². The summed E-state index contributed by atoms with van der Waals surface area (Å²) < 4.78 is 31.8. The number of hydrogen-bond acceptors (Lipinski definition) is 4. The van der Waals surface area contributed by atoms with Crippen molar-refractivity contribution in [1.82, 2.24) is 0 Å². The predicted molar refractivity (Wildman–Crippen MR) is 104 cm³/mol. The average molecular weight is 397 g/mol. The van der Waals surface area contributed by atoms with E-state index in [1.54, 1.807) is 56.3 Å². The Morgan fingerprint density at radius 3 is 2.54 bits per heavy atom. The summed E-state index contributed by atoms with van der Waals surface area (Å²) in [6, 6.07) is 11.8. The van der Waals surface area contributed by atoms with E-state index >= 15 is 0 Å². The number of halogens is 1. The molecule has 6 nitrogen and oxygen atoms in total. The molecule has 0 aliphatic rings. The maximum Gasteiger partial charge on any atom is 0.262 e. The van der Waals surface area contributed by atoms with Crippen molar-refractivity contribution in [2.45, 2.75) is 20.3 Å². The van der Waals surface area contributed by atoms with Gasteiger partial charge >= 0.3 is 0 Å². The highest BCUT2D eigenvalue weighted by atomic mass is 35.5. The molecule has 2 N–H and O–H groups in total. The van der Waals surface area contributed by atoms with Crippen molar-refractivity contribution in [1.29, 1.82) is 0 Å². The molecule has 140 valence electrons. The lowest BCUT2D eigenvalue weighted by Gasteiger charge is -2.14. The lowest BCUT2D eigenvalue weighted by Crippen LogP contribution is -2.21. The van der Waals surface area contributed by atoms with Gasteiger partial charge in [0.25, 0.3) is 5.91 Å². The number of anilines is 2. The van der Waals surface area contributed by atoms with Gasteiger partial charge in [-0.3, -0.25) is 9.52 Å². The van der Waals surface area contributed by atoms with Crippen LogP contribution < -0.4 is 14.8 Å². The van der Waals surface area contributed by atoms with Gasteiger partial charge in [-0.05, 0) is 49.2 Å². The van der Waals surface area contributed by atoms with Gasteiger partial charge in [0, 0.05) is 10.7 Å². The number of ether oxygens (including phenoxy) is 1. The fourth-order valence-corrected chi connectivity index (χ4v) is 3.64. The van der Waals surface area contributed by atoms with Crippen LogP contribution in [-0.4, -0.2) is 26.7 Å². The van der Waals surface area contributed by atoms with E-state index in [1.165, 1.54) is 0 Å². The first-order chi connectivity index (χ1) is 12.3. The van der Waals surface area contributed by atoms with Crippen molar-refractivity contribution < 1.29 is 17.9 Å². The molecule has 0 spiro atoms. The van der Waals surface area contributed by atoms with Gasteiger partial charge in [-0.25, -0.2) is 8.42 Å². The molecule has 0 fully saturated rings. The molecule has 2 aromatic carbocycles. The molecule has 2 rings (SSSR count). The molecule has 1 amide bonds. The van der Waals surface area contributed by atoms with Gasteiger partial charge in [0.1, 0.15) is 5.75 Å². The van der Waals surface area contributed by atoms with Crippen molar-refractivity contribution in [2.24, 2.45) is 0 Å². The van der Waals surface area contributed by atoms with Gasteiger partial charge in [-0.1, -0.05) is 30.7 Å². The first kappa shape index (κ1) is 20.1. The third-order valence-electron chi connectivity index (χ3n) is 3.51. The molecule has 0 aromatic heterocycles. The van der Waals surface area contributed by atoms with E-state index in [0.717, 1.165) is 0 Å². The van der Waals surface area contributed by atoms with Crippen LogP contribution in [0.15, 0.2) is 42.5 Å². The summed E-state index contributed by atoms with van der Waals surface area (Å²) in [6.45, 7) is 3.34. The van der Waals surface area contributed by atoms with Crippen LogP contribution in [0, 0.1) is 6.92 Å². The van der Waals surface area contributed by atoms with Crippen LogP contribution in [-0.2, 0) is 14.8 Å². The third-order valence-corrected chi connectivity index (χ3v) is 5.22. The monoisotopic (exact) mass is 396 g/mol. The molecular formula is C18H21ClN2O4S. The molecule has 2 aromatic rings. The molecule has 0 aliphatic heterocycles. The van der Waals surface area contributed by atoms with Crippen LogP contribution in [0.4, 0.5) is 11.4 Å². The van der Waals surface area contributed by atoms with Crippen molar-refractivity contribution in [3.8, 4) is 5.75 Å². The Hall–Kier alpha value is -2.25. The Balaban J connectivity index is 2.02. The minimum absolute atomic E-state index is 0.0382. The molecule has 0 atom stereocenters. The van der Waals surface area contributed by atoms with Crippen LogP contribution >= 0.6 is 11.6 Å². The van der Waals surface area contributed by atoms with Crippen molar-refractivity contribution in [3.05, 3.63) is 53.1 Å². The Morgan fingerprint density at radius 2 is 1.85 bits per heavy atom. The molecule has 8 heteroatoms. The van der Waals surface area contributed by atoms with Crippen LogP contribution in [0.3, 0.4) is 0 Å². The number of amides is 1. The highest BCUT2D eigenvalue weighted by Crippen LogP contribution is 2.24. The molecule has 0 radical (unpaired) electrons. The fraction of sp³-hybridized carbons (Fsp3) is 0.278. The van der Waals surface area contributed by atoms with Gasteiger partial charge < -0.3 is 10.1 Å². The number of carbonyl (C=O) groups excluding carboxylic acids is 1. The summed E-state index contributed by atoms with van der Waals surface area (Å²) >= 11 is 5.87. The van der Waals surface area contributed by atoms with Crippen LogP contribution in [0.2, 0.25) is 5.02 Å². The standard InChI is InChI=1S/C18H21ClN2O4S/c1-3-10-26(23,24)21-17-9-5-8-16(13(17)2)20-18(22)12-25-15-7-4-6-14(19)11-15/h4-9,11,21H,3,10,12H2,1-2H3,(H,20,22). The first-order valence-corrected chi connectivity index (χ1v) is 10.1. The number of benzene rings is 2. The normalized spacial score (nSPS) is 11.0. The number of hydrogen-bond donors (Lipinski definition) is 2. The molecule has 0 heterocycles. The topological polar surface area (TPSA) is 84.5 Å². The summed E-state index contributed by atoms with van der Waals surface area (Å²) in [4.78, 5) is 12.1. The molecule has 0 saturated heterocycles. The quantitative estimate of drug-likeness (QED) is 0.710. The summed E-state index contributed by atoms with van der Waals surface area (Å²) in [7, 11) is -3.40. The Labute approximate surface area is 158 Å². The van der Waals surface area contributed by atoms with Crippen LogP contribution in [0.1, 0.15) is 18.9 Å². The molecule has 0 aliphatic carbocycles. The van der Waals surface area contributed by atoms with E-state index in [-0.39, 0.29) is 18.3 Å². The zero-order chi connectivity index (χ0) is 19.2. The van der Waals surface area contributed by atoms with Crippen LogP contribution in [0.25, 0.3) is 0 Å². The number of carbonyl (C=O) groups is 1. The molecule has 26 heavy (non-hydrogen) atoms. The van der Waals surface area contributed by atoms with Crippen molar-refractivity contribution in [2.75, 3.05) is 22.4 Å². The molecular weight excluding hydrogens is 376 g/mol. The Bertz CT molecular complexity index is 885. The second-order valence-electron chi connectivity index (χ2n) is 5.69. The molecule has 0 unspecified atom stereocenters. The smallest absolute Gasteiger partial charge is 0.262 e. The highest BCUT2D eigenvalue weighted by Gasteiger charge is 2.13. The second-order valence-corrected chi connectivity index (χ2v) is 7.97. The lowest BCUT2D eigenvalue weighted by molar-refractivity contribution is -0.118. The average Bonchev–Trinajstić information content (AvgIpc) is 2.56. The van der Waals surface area contributed by atoms with Crippen molar-refractivity contribution >= 4 is 38.9 Å². The SMILES string of the molecule is CCCS(=O)(=O)Nc1cccc(NC(=O)COc2cccc(Cl)c2)c1C. The van der Waals surface area contributed by atoms with Gasteiger partial charge in [-0.15, -0.1) is 0 Å². The van der Waals surface area contributed by atoms with E-state index < -0.39 is 10.0 Å². The number of sulfonamides is 1. The molecule has 0 saturated carbocycles. The third kappa shape index (κ3) is 5.93. The van der Waals surface area contributed by atoms with Gasteiger partial charge in [-0.2, -0.15) is 0 Å². The zero-order valence-electron chi connectivity index (χ0n) is 14.6. The van der Waals surface area contributed by atoms with E-state index in [4.69, 9.17) is 16.3 Å². The summed E-state index contributed by atoms with van der Waals surface area (Å²) in [6.07, 6.45) is 0.519. The van der Waals surface area contributed by atoms with Crippen LogP contribution in [0.5, 0.6) is 5.75 Å². The highest BCUT2D eigenvalue weighted by molar-refractivity contribution is 7.92. The maximum atomic E-state index is 12.1. The fourth-order valence-electron chi connectivity index (χ4n) is 2.26. The second kappa shape index (κ2) is 8.91. The number of nitrogens with one attached hydrogen (secondary N) is 2. The molecule has 0 bridgehead atoms. The maximum absolute atomic E-state index is 12.1. The lowest BCUT2D eigenvalue weighted by atomic mass is 10.1. The Kier molecular flexibility index (Phi) is 6.88. The largest absolute Gasteiger partial charge is 0.484 e. The van der Waals surface area contributed by atoms with Crippen molar-refractivity contribution in [3.63, 3.8) is 0 Å². The Morgan fingerprint density at radius 1 is 1.15 bits per heavy atom. The minimum atomic E-state index is -3.40. The van der Waals surface area contributed by atoms with Gasteiger partial charge in [0.2, 0.25) is 10.0 Å². The van der Waals surface area contributed by atoms with Gasteiger partial charge in [0.15, 0.2) is 6.61 Å². The van der Waals surface area contributed by atoms with Gasteiger partial charge in [0.05, 0.1) is 11.4 Å². The van der Waals surface area contributed by atoms with E-state index in [9.17, 15) is 13.2 Å². The minimum Gasteiger partial charge on any atom is -0.484 e. The summed E-state index contributed by atoms with van der Waals surface area (Å²) in [5.41, 5.74) is 1.58.